The maximum Gasteiger partial charge on any atom is 0.164 e. The van der Waals surface area contributed by atoms with Crippen LogP contribution in [-0.2, 0) is 0 Å². The molecule has 0 spiro atoms. The Balaban J connectivity index is 1.07. The van der Waals surface area contributed by atoms with Crippen molar-refractivity contribution in [2.45, 2.75) is 0 Å². The van der Waals surface area contributed by atoms with E-state index in [9.17, 15) is 0 Å². The molecule has 5 nitrogen and oxygen atoms in total. The van der Waals surface area contributed by atoms with Crippen molar-refractivity contribution in [1.29, 1.82) is 0 Å². The van der Waals surface area contributed by atoms with Crippen LogP contribution in [-0.4, -0.2) is 19.5 Å². The lowest BCUT2D eigenvalue weighted by molar-refractivity contribution is 0.669. The number of rotatable bonds is 6. The van der Waals surface area contributed by atoms with Gasteiger partial charge in [0.1, 0.15) is 11.2 Å². The normalized spacial score (nSPS) is 11.8. The van der Waals surface area contributed by atoms with E-state index < -0.39 is 0 Å². The summed E-state index contributed by atoms with van der Waals surface area (Å²) in [4.78, 5) is 16.0. The first-order valence-corrected chi connectivity index (χ1v) is 21.9. The summed E-state index contributed by atoms with van der Waals surface area (Å²) in [6, 6.07) is 72.7. The van der Waals surface area contributed by atoms with Gasteiger partial charge in [0.2, 0.25) is 0 Å². The predicted molar refractivity (Wildman–Crippen MR) is 262 cm³/mol. The standard InChI is InChI=1S/C57H34N4OS/c1-2-15-35(16-3-1)36-17-14-18-37(31-36)55-58-56(38-29-30-52-46(32-38)43-22-8-12-27-51(43)62-52)60-57(59-55)45-24-5-4-19-40(45)47-33-39(34-48-44-23-9-13-28-53(44)63-54(47)48)61-49-25-10-6-20-41(49)42-21-7-11-26-50(42)61/h1-34H. The average molecular weight is 823 g/mol. The van der Waals surface area contributed by atoms with Crippen LogP contribution < -0.4 is 0 Å². The van der Waals surface area contributed by atoms with Crippen LogP contribution in [0, 0.1) is 0 Å². The molecule has 9 aromatic carbocycles. The first kappa shape index (κ1) is 35.6. The van der Waals surface area contributed by atoms with E-state index in [-0.39, 0.29) is 0 Å². The lowest BCUT2D eigenvalue weighted by Gasteiger charge is -2.15. The number of benzene rings is 9. The Kier molecular flexibility index (Phi) is 8.01. The molecule has 0 N–H and O–H groups in total. The molecule has 0 aliphatic carbocycles. The van der Waals surface area contributed by atoms with E-state index in [1.165, 1.54) is 42.0 Å². The molecule has 0 bridgehead atoms. The Morgan fingerprint density at radius 3 is 1.73 bits per heavy atom. The third kappa shape index (κ3) is 5.80. The topological polar surface area (TPSA) is 56.7 Å². The molecular formula is C57H34N4OS. The molecule has 0 radical (unpaired) electrons. The minimum atomic E-state index is 0.591. The number of thiophene rings is 1. The maximum atomic E-state index is 6.24. The van der Waals surface area contributed by atoms with Crippen LogP contribution in [0.25, 0.3) is 126 Å². The molecule has 0 amide bonds. The average Bonchev–Trinajstić information content (AvgIpc) is 4.03. The molecule has 0 saturated heterocycles. The predicted octanol–water partition coefficient (Wildman–Crippen LogP) is 15.6. The van der Waals surface area contributed by atoms with Crippen LogP contribution in [0.3, 0.4) is 0 Å². The fourth-order valence-corrected chi connectivity index (χ4v) is 10.6. The Labute approximate surface area is 365 Å². The van der Waals surface area contributed by atoms with Crippen LogP contribution in [0.1, 0.15) is 0 Å². The van der Waals surface area contributed by atoms with Crippen molar-refractivity contribution in [3.8, 4) is 62.1 Å². The maximum absolute atomic E-state index is 6.24. The van der Waals surface area contributed by atoms with Crippen LogP contribution in [0.5, 0.6) is 0 Å². The molecule has 294 valence electrons. The first-order chi connectivity index (χ1) is 31.2. The lowest BCUT2D eigenvalue weighted by Crippen LogP contribution is -2.01. The van der Waals surface area contributed by atoms with E-state index in [1.54, 1.807) is 0 Å². The fraction of sp³-hybridized carbons (Fsp3) is 0. The summed E-state index contributed by atoms with van der Waals surface area (Å²) in [5.74, 6) is 1.79. The van der Waals surface area contributed by atoms with Gasteiger partial charge in [-0.3, -0.25) is 0 Å². The highest BCUT2D eigenvalue weighted by atomic mass is 32.1. The van der Waals surface area contributed by atoms with Gasteiger partial charge in [-0.25, -0.2) is 15.0 Å². The zero-order valence-corrected chi connectivity index (χ0v) is 34.6. The summed E-state index contributed by atoms with van der Waals surface area (Å²) >= 11 is 1.83. The van der Waals surface area contributed by atoms with Gasteiger partial charge in [-0.1, -0.05) is 146 Å². The summed E-state index contributed by atoms with van der Waals surface area (Å²) in [7, 11) is 0. The van der Waals surface area contributed by atoms with Crippen molar-refractivity contribution in [3.05, 3.63) is 206 Å². The Hall–Kier alpha value is -8.19. The molecule has 0 atom stereocenters. The van der Waals surface area contributed by atoms with Crippen molar-refractivity contribution in [2.75, 3.05) is 0 Å². The van der Waals surface area contributed by atoms with Crippen LogP contribution in [0.15, 0.2) is 211 Å². The number of aromatic nitrogens is 4. The molecule has 0 unspecified atom stereocenters. The first-order valence-electron chi connectivity index (χ1n) is 21.1. The largest absolute Gasteiger partial charge is 0.456 e. The van der Waals surface area contributed by atoms with Gasteiger partial charge in [-0.05, 0) is 77.4 Å². The third-order valence-corrected chi connectivity index (χ3v) is 13.5. The summed E-state index contributed by atoms with van der Waals surface area (Å²) in [6.45, 7) is 0. The second-order valence-corrected chi connectivity index (χ2v) is 17.0. The Morgan fingerprint density at radius 2 is 0.937 bits per heavy atom. The number of fused-ring (bicyclic) bond motifs is 9. The van der Waals surface area contributed by atoms with E-state index in [1.807, 2.05) is 41.7 Å². The van der Waals surface area contributed by atoms with Crippen molar-refractivity contribution >= 4 is 75.3 Å². The highest BCUT2D eigenvalue weighted by Crippen LogP contribution is 2.45. The zero-order chi connectivity index (χ0) is 41.4. The molecule has 13 rings (SSSR count). The zero-order valence-electron chi connectivity index (χ0n) is 33.7. The Morgan fingerprint density at radius 1 is 0.349 bits per heavy atom. The molecule has 6 heteroatoms. The van der Waals surface area contributed by atoms with E-state index in [0.717, 1.165) is 66.6 Å². The highest BCUT2D eigenvalue weighted by molar-refractivity contribution is 7.26. The summed E-state index contributed by atoms with van der Waals surface area (Å²) < 4.78 is 11.1. The minimum absolute atomic E-state index is 0.591. The Bertz CT molecular complexity index is 3880. The number of hydrogen-bond donors (Lipinski definition) is 0. The molecule has 4 heterocycles. The molecule has 0 saturated carbocycles. The SMILES string of the molecule is c1ccc(-c2cccc(-c3nc(-c4ccc5oc6ccccc6c5c4)nc(-c4ccccc4-c4cc(-n5c6ccccc6c6ccccc65)cc5c4sc4ccccc45)n3)c2)cc1. The summed E-state index contributed by atoms with van der Waals surface area (Å²) in [5, 5.41) is 6.99. The second kappa shape index (κ2) is 14.2. The smallest absolute Gasteiger partial charge is 0.164 e. The molecule has 0 fully saturated rings. The van der Waals surface area contributed by atoms with Crippen molar-refractivity contribution < 1.29 is 4.42 Å². The molecular weight excluding hydrogens is 789 g/mol. The summed E-state index contributed by atoms with van der Waals surface area (Å²) in [6.07, 6.45) is 0. The second-order valence-electron chi connectivity index (χ2n) is 15.9. The van der Waals surface area contributed by atoms with Gasteiger partial charge in [0.05, 0.1) is 11.0 Å². The number of nitrogens with zero attached hydrogens (tertiary/aromatic N) is 4. The molecule has 13 aromatic rings. The minimum Gasteiger partial charge on any atom is -0.456 e. The number of para-hydroxylation sites is 3. The van der Waals surface area contributed by atoms with Crippen molar-refractivity contribution in [2.24, 2.45) is 0 Å². The molecule has 4 aromatic heterocycles. The van der Waals surface area contributed by atoms with Gasteiger partial charge in [-0.2, -0.15) is 0 Å². The lowest BCUT2D eigenvalue weighted by atomic mass is 9.96. The van der Waals surface area contributed by atoms with Gasteiger partial charge in [0, 0.05) is 69.7 Å². The van der Waals surface area contributed by atoms with Gasteiger partial charge in [0.15, 0.2) is 17.5 Å². The quantitative estimate of drug-likeness (QED) is 0.168. The highest BCUT2D eigenvalue weighted by Gasteiger charge is 2.22. The van der Waals surface area contributed by atoms with Crippen LogP contribution in [0.2, 0.25) is 0 Å². The molecule has 0 aliphatic rings. The summed E-state index contributed by atoms with van der Waals surface area (Å²) in [5.41, 5.74) is 12.2. The van der Waals surface area contributed by atoms with Gasteiger partial charge >= 0.3 is 0 Å². The van der Waals surface area contributed by atoms with Gasteiger partial charge in [-0.15, -0.1) is 11.3 Å². The monoisotopic (exact) mass is 822 g/mol. The third-order valence-electron chi connectivity index (χ3n) is 12.3. The van der Waals surface area contributed by atoms with Crippen LogP contribution >= 0.6 is 11.3 Å². The van der Waals surface area contributed by atoms with Crippen molar-refractivity contribution in [1.82, 2.24) is 19.5 Å². The van der Waals surface area contributed by atoms with E-state index in [0.29, 0.717) is 17.5 Å². The molecule has 63 heavy (non-hydrogen) atoms. The van der Waals surface area contributed by atoms with Gasteiger partial charge < -0.3 is 8.98 Å². The van der Waals surface area contributed by atoms with Crippen molar-refractivity contribution in [3.63, 3.8) is 0 Å². The van der Waals surface area contributed by atoms with E-state index >= 15 is 0 Å². The van der Waals surface area contributed by atoms with Gasteiger partial charge in [0.25, 0.3) is 0 Å². The fourth-order valence-electron chi connectivity index (χ4n) is 9.34. The van der Waals surface area contributed by atoms with E-state index in [4.69, 9.17) is 19.4 Å². The number of furan rings is 1. The van der Waals surface area contributed by atoms with Crippen LogP contribution in [0.4, 0.5) is 0 Å². The number of hydrogen-bond acceptors (Lipinski definition) is 5. The van der Waals surface area contributed by atoms with E-state index in [2.05, 4.69) is 180 Å². The molecule has 0 aliphatic heterocycles.